The molecule has 1 aliphatic heterocycles. The van der Waals surface area contributed by atoms with Gasteiger partial charge in [0, 0.05) is 20.2 Å². The molecule has 0 fully saturated rings. The van der Waals surface area contributed by atoms with Gasteiger partial charge in [-0.15, -0.1) is 0 Å². The average Bonchev–Trinajstić information content (AvgIpc) is 2.62. The molecule has 0 amide bonds. The lowest BCUT2D eigenvalue weighted by Gasteiger charge is -2.19. The lowest BCUT2D eigenvalue weighted by Crippen LogP contribution is -2.22. The SMILES string of the molecule is Cc1ccc(S(=O)(=O)N(C)C)cc1NS(=O)(=O)c1ccc2c(c1)OCCO2. The first-order chi connectivity index (χ1) is 12.6. The molecule has 1 N–H and O–H groups in total. The fourth-order valence-electron chi connectivity index (χ4n) is 2.48. The number of nitrogens with zero attached hydrogens (tertiary/aromatic N) is 1. The number of ether oxygens (including phenoxy) is 2. The minimum absolute atomic E-state index is 0.00188. The van der Waals surface area contributed by atoms with E-state index in [2.05, 4.69) is 4.72 Å². The summed E-state index contributed by atoms with van der Waals surface area (Å²) in [6, 6.07) is 8.62. The highest BCUT2D eigenvalue weighted by atomic mass is 32.2. The number of nitrogens with one attached hydrogen (secondary N) is 1. The molecule has 146 valence electrons. The van der Waals surface area contributed by atoms with Crippen molar-refractivity contribution in [3.63, 3.8) is 0 Å². The first kappa shape index (κ1) is 19.5. The Kier molecular flexibility index (Phi) is 5.06. The topological polar surface area (TPSA) is 102 Å². The number of hydrogen-bond donors (Lipinski definition) is 1. The van der Waals surface area contributed by atoms with E-state index in [0.717, 1.165) is 4.31 Å². The van der Waals surface area contributed by atoms with E-state index >= 15 is 0 Å². The summed E-state index contributed by atoms with van der Waals surface area (Å²) in [4.78, 5) is -0.00926. The third-order valence-electron chi connectivity index (χ3n) is 4.06. The highest BCUT2D eigenvalue weighted by molar-refractivity contribution is 7.92. The fraction of sp³-hybridized carbons (Fsp3) is 0.294. The number of rotatable bonds is 5. The standard InChI is InChI=1S/C17H20N2O6S2/c1-12-4-5-14(27(22,23)19(2)3)10-15(12)18-26(20,21)13-6-7-16-17(11-13)25-9-8-24-16/h4-7,10-11,18H,8-9H2,1-3H3. The molecule has 0 saturated carbocycles. The molecule has 1 heterocycles. The molecule has 0 saturated heterocycles. The van der Waals surface area contributed by atoms with Gasteiger partial charge >= 0.3 is 0 Å². The van der Waals surface area contributed by atoms with Crippen molar-refractivity contribution in [1.82, 2.24) is 4.31 Å². The maximum atomic E-state index is 12.8. The molecule has 0 unspecified atom stereocenters. The smallest absolute Gasteiger partial charge is 0.262 e. The molecule has 10 heteroatoms. The average molecular weight is 412 g/mol. The van der Waals surface area contributed by atoms with E-state index in [9.17, 15) is 16.8 Å². The molecular weight excluding hydrogens is 392 g/mol. The summed E-state index contributed by atoms with van der Waals surface area (Å²) in [5.41, 5.74) is 0.779. The molecule has 0 aliphatic carbocycles. The lowest BCUT2D eigenvalue weighted by molar-refractivity contribution is 0.171. The van der Waals surface area contributed by atoms with Crippen molar-refractivity contribution in [3.05, 3.63) is 42.0 Å². The van der Waals surface area contributed by atoms with E-state index in [4.69, 9.17) is 9.47 Å². The second-order valence-corrected chi connectivity index (χ2v) is 10.0. The van der Waals surface area contributed by atoms with Crippen LogP contribution in [0.1, 0.15) is 5.56 Å². The molecule has 0 radical (unpaired) electrons. The number of benzene rings is 2. The van der Waals surface area contributed by atoms with E-state index in [1.807, 2.05) is 0 Å². The summed E-state index contributed by atoms with van der Waals surface area (Å²) < 4.78 is 64.5. The highest BCUT2D eigenvalue weighted by Gasteiger charge is 2.22. The first-order valence-corrected chi connectivity index (χ1v) is 11.0. The van der Waals surface area contributed by atoms with Crippen LogP contribution >= 0.6 is 0 Å². The van der Waals surface area contributed by atoms with Crippen LogP contribution in [-0.2, 0) is 20.0 Å². The Hall–Kier alpha value is -2.30. The number of aryl methyl sites for hydroxylation is 1. The van der Waals surface area contributed by atoms with Crippen LogP contribution in [0.2, 0.25) is 0 Å². The van der Waals surface area contributed by atoms with Crippen LogP contribution in [0, 0.1) is 6.92 Å². The van der Waals surface area contributed by atoms with Gasteiger partial charge in [0.1, 0.15) is 13.2 Å². The predicted octanol–water partition coefficient (Wildman–Crippen LogP) is 1.82. The lowest BCUT2D eigenvalue weighted by atomic mass is 10.2. The Morgan fingerprint density at radius 2 is 1.52 bits per heavy atom. The van der Waals surface area contributed by atoms with Crippen molar-refractivity contribution in [2.75, 3.05) is 32.0 Å². The van der Waals surface area contributed by atoms with Gasteiger partial charge in [0.25, 0.3) is 10.0 Å². The molecule has 2 aromatic carbocycles. The number of sulfonamides is 2. The summed E-state index contributed by atoms with van der Waals surface area (Å²) in [7, 11) is -4.81. The fourth-order valence-corrected chi connectivity index (χ4v) is 4.54. The molecule has 0 aromatic heterocycles. The maximum absolute atomic E-state index is 12.8. The second-order valence-electron chi connectivity index (χ2n) is 6.18. The maximum Gasteiger partial charge on any atom is 0.262 e. The zero-order valence-electron chi connectivity index (χ0n) is 15.1. The molecule has 8 nitrogen and oxygen atoms in total. The van der Waals surface area contributed by atoms with E-state index in [1.165, 1.54) is 44.4 Å². The quantitative estimate of drug-likeness (QED) is 0.804. The second kappa shape index (κ2) is 7.02. The van der Waals surface area contributed by atoms with E-state index in [0.29, 0.717) is 30.3 Å². The molecule has 3 rings (SSSR count). The molecular formula is C17H20N2O6S2. The van der Waals surface area contributed by atoms with Crippen molar-refractivity contribution in [1.29, 1.82) is 0 Å². The Balaban J connectivity index is 1.97. The Morgan fingerprint density at radius 1 is 0.889 bits per heavy atom. The number of fused-ring (bicyclic) bond motifs is 1. The third kappa shape index (κ3) is 3.87. The van der Waals surface area contributed by atoms with Gasteiger partial charge in [-0.2, -0.15) is 0 Å². The van der Waals surface area contributed by atoms with E-state index in [1.54, 1.807) is 13.0 Å². The van der Waals surface area contributed by atoms with Crippen LogP contribution in [0.15, 0.2) is 46.2 Å². The summed E-state index contributed by atoms with van der Waals surface area (Å²) >= 11 is 0. The van der Waals surface area contributed by atoms with Gasteiger partial charge in [0.05, 0.1) is 15.5 Å². The van der Waals surface area contributed by atoms with Crippen molar-refractivity contribution < 1.29 is 26.3 Å². The van der Waals surface area contributed by atoms with Crippen LogP contribution in [0.5, 0.6) is 11.5 Å². The van der Waals surface area contributed by atoms with Crippen molar-refractivity contribution in [3.8, 4) is 11.5 Å². The minimum Gasteiger partial charge on any atom is -0.486 e. The first-order valence-electron chi connectivity index (χ1n) is 8.07. The van der Waals surface area contributed by atoms with Crippen LogP contribution < -0.4 is 14.2 Å². The van der Waals surface area contributed by atoms with Gasteiger partial charge in [-0.1, -0.05) is 6.07 Å². The van der Waals surface area contributed by atoms with Crippen LogP contribution in [-0.4, -0.2) is 48.4 Å². The normalized spacial score (nSPS) is 14.2. The number of hydrogen-bond acceptors (Lipinski definition) is 6. The predicted molar refractivity (Wildman–Crippen MR) is 100 cm³/mol. The van der Waals surface area contributed by atoms with Gasteiger partial charge in [-0.3, -0.25) is 4.72 Å². The molecule has 27 heavy (non-hydrogen) atoms. The summed E-state index contributed by atoms with van der Waals surface area (Å²) in [5.74, 6) is 0.834. The van der Waals surface area contributed by atoms with Gasteiger partial charge in [0.15, 0.2) is 11.5 Å². The summed E-state index contributed by atoms with van der Waals surface area (Å²) in [5, 5.41) is 0. The molecule has 2 aromatic rings. The largest absolute Gasteiger partial charge is 0.486 e. The van der Waals surface area contributed by atoms with Gasteiger partial charge in [-0.05, 0) is 36.8 Å². The molecule has 0 atom stereocenters. The Labute approximate surface area is 158 Å². The van der Waals surface area contributed by atoms with E-state index in [-0.39, 0.29) is 15.5 Å². The zero-order chi connectivity index (χ0) is 19.8. The van der Waals surface area contributed by atoms with Crippen molar-refractivity contribution >= 4 is 25.7 Å². The van der Waals surface area contributed by atoms with Gasteiger partial charge in [0.2, 0.25) is 10.0 Å². The summed E-state index contributed by atoms with van der Waals surface area (Å²) in [6.07, 6.45) is 0. The Morgan fingerprint density at radius 3 is 2.19 bits per heavy atom. The number of anilines is 1. The molecule has 1 aliphatic rings. The Bertz CT molecular complexity index is 1080. The van der Waals surface area contributed by atoms with Crippen LogP contribution in [0.3, 0.4) is 0 Å². The van der Waals surface area contributed by atoms with Crippen molar-refractivity contribution in [2.24, 2.45) is 0 Å². The van der Waals surface area contributed by atoms with E-state index < -0.39 is 20.0 Å². The van der Waals surface area contributed by atoms with Gasteiger partial charge in [-0.25, -0.2) is 21.1 Å². The van der Waals surface area contributed by atoms with Crippen LogP contribution in [0.25, 0.3) is 0 Å². The van der Waals surface area contributed by atoms with Crippen LogP contribution in [0.4, 0.5) is 5.69 Å². The highest BCUT2D eigenvalue weighted by Crippen LogP contribution is 2.33. The zero-order valence-corrected chi connectivity index (χ0v) is 16.7. The van der Waals surface area contributed by atoms with Crippen molar-refractivity contribution in [2.45, 2.75) is 16.7 Å². The third-order valence-corrected chi connectivity index (χ3v) is 7.23. The summed E-state index contributed by atoms with van der Waals surface area (Å²) in [6.45, 7) is 2.44. The molecule has 0 bridgehead atoms. The minimum atomic E-state index is -3.95. The molecule has 0 spiro atoms. The van der Waals surface area contributed by atoms with Gasteiger partial charge < -0.3 is 9.47 Å². The monoisotopic (exact) mass is 412 g/mol.